The second-order valence-electron chi connectivity index (χ2n) is 12.1. The van der Waals surface area contributed by atoms with E-state index in [-0.39, 0.29) is 5.91 Å². The van der Waals surface area contributed by atoms with Crippen LogP contribution in [0.1, 0.15) is 51.4 Å². The number of hydrogen-bond acceptors (Lipinski definition) is 4. The molecule has 3 aromatic heterocycles. The minimum absolute atomic E-state index is 0.0329. The second-order valence-corrected chi connectivity index (χ2v) is 12.9. The molecule has 0 aliphatic carbocycles. The number of rotatable bonds is 7. The Morgan fingerprint density at radius 3 is 2.50 bits per heavy atom. The first-order valence-electron chi connectivity index (χ1n) is 15.6. The highest BCUT2D eigenvalue weighted by Crippen LogP contribution is 2.43. The molecule has 0 spiro atoms. The summed E-state index contributed by atoms with van der Waals surface area (Å²) >= 11 is 13.4. The van der Waals surface area contributed by atoms with Crippen molar-refractivity contribution >= 4 is 56.6 Å². The van der Waals surface area contributed by atoms with Gasteiger partial charge < -0.3 is 14.2 Å². The summed E-state index contributed by atoms with van der Waals surface area (Å²) in [5, 5.41) is 11.0. The maximum atomic E-state index is 14.8. The van der Waals surface area contributed by atoms with Crippen LogP contribution in [-0.2, 0) is 13.0 Å². The van der Waals surface area contributed by atoms with Crippen molar-refractivity contribution in [1.82, 2.24) is 19.7 Å². The number of benzene rings is 3. The van der Waals surface area contributed by atoms with Gasteiger partial charge >= 0.3 is 0 Å². The number of para-hydroxylation sites is 1. The van der Waals surface area contributed by atoms with Crippen LogP contribution >= 0.6 is 23.2 Å². The van der Waals surface area contributed by atoms with E-state index in [1.165, 1.54) is 0 Å². The van der Waals surface area contributed by atoms with Crippen LogP contribution in [-0.4, -0.2) is 38.8 Å². The molecule has 0 fully saturated rings. The number of H-pyrrole nitrogens is 1. The molecule has 234 valence electrons. The third kappa shape index (κ3) is 5.12. The molecule has 0 atom stereocenters. The number of hydrogen-bond donors (Lipinski definition) is 1. The zero-order valence-corrected chi connectivity index (χ0v) is 27.9. The SMILES string of the molecule is Cc1cc(OCCCc2c3n(c4c(-c5c(C)n[nH]c5C)c(Cl)ccc24)CCCN(c2cccc4cccnc24)C3=O)cc(C)c1Cl. The minimum Gasteiger partial charge on any atom is -0.494 e. The number of nitrogens with one attached hydrogen (secondary N) is 1. The zero-order chi connectivity index (χ0) is 32.1. The van der Waals surface area contributed by atoms with E-state index < -0.39 is 0 Å². The molecule has 1 N–H and O–H groups in total. The highest BCUT2D eigenvalue weighted by atomic mass is 35.5. The third-order valence-electron chi connectivity index (χ3n) is 9.02. The van der Waals surface area contributed by atoms with Crippen molar-refractivity contribution in [3.05, 3.63) is 105 Å². The van der Waals surface area contributed by atoms with Crippen molar-refractivity contribution < 1.29 is 9.53 Å². The summed E-state index contributed by atoms with van der Waals surface area (Å²) in [5.74, 6) is 0.764. The van der Waals surface area contributed by atoms with E-state index >= 15 is 0 Å². The fourth-order valence-corrected chi connectivity index (χ4v) is 7.31. The number of carbonyl (C=O) groups is 1. The number of aryl methyl sites for hydroxylation is 6. The summed E-state index contributed by atoms with van der Waals surface area (Å²) in [5.41, 5.74) is 9.99. The lowest BCUT2D eigenvalue weighted by Gasteiger charge is -2.22. The van der Waals surface area contributed by atoms with Crippen LogP contribution in [0.3, 0.4) is 0 Å². The summed E-state index contributed by atoms with van der Waals surface area (Å²) in [6, 6.07) is 17.9. The Bertz CT molecular complexity index is 2100. The van der Waals surface area contributed by atoms with Crippen LogP contribution in [0.25, 0.3) is 32.9 Å². The van der Waals surface area contributed by atoms with Crippen LogP contribution in [0.5, 0.6) is 5.75 Å². The van der Waals surface area contributed by atoms with Gasteiger partial charge in [-0.1, -0.05) is 47.5 Å². The van der Waals surface area contributed by atoms with Gasteiger partial charge in [-0.3, -0.25) is 14.9 Å². The van der Waals surface area contributed by atoms with Gasteiger partial charge in [0.2, 0.25) is 0 Å². The molecule has 46 heavy (non-hydrogen) atoms. The van der Waals surface area contributed by atoms with Crippen molar-refractivity contribution in [3.63, 3.8) is 0 Å². The lowest BCUT2D eigenvalue weighted by atomic mass is 9.98. The molecule has 6 aromatic rings. The van der Waals surface area contributed by atoms with E-state index in [4.69, 9.17) is 27.9 Å². The van der Waals surface area contributed by atoms with Crippen molar-refractivity contribution in [2.45, 2.75) is 53.5 Å². The lowest BCUT2D eigenvalue weighted by molar-refractivity contribution is 0.0983. The van der Waals surface area contributed by atoms with E-state index in [9.17, 15) is 4.79 Å². The summed E-state index contributed by atoms with van der Waals surface area (Å²) in [7, 11) is 0. The van der Waals surface area contributed by atoms with E-state index in [0.29, 0.717) is 36.8 Å². The number of carbonyl (C=O) groups excluding carboxylic acids is 1. The molecule has 1 amide bonds. The van der Waals surface area contributed by atoms with Gasteiger partial charge in [-0.15, -0.1) is 0 Å². The first-order chi connectivity index (χ1) is 22.2. The molecule has 9 heteroatoms. The highest BCUT2D eigenvalue weighted by Gasteiger charge is 2.33. The molecule has 0 saturated carbocycles. The molecule has 1 aliphatic heterocycles. The number of anilines is 1. The number of fused-ring (bicyclic) bond motifs is 4. The standard InChI is InChI=1S/C37H35Cl2N5O2/c1-21-19-26(20-22(2)33(21)39)46-18-7-11-27-28-13-14-29(38)32(31-23(3)41-42-24(31)4)35(28)44-17-8-16-43(37(45)36(27)44)30-12-5-9-25-10-6-15-40-34(25)30/h5-6,9-10,12-15,19-20H,7-8,11,16-18H2,1-4H3,(H,41,42). The number of aromatic nitrogens is 4. The molecule has 7 rings (SSSR count). The van der Waals surface area contributed by atoms with E-state index in [0.717, 1.165) is 90.3 Å². The smallest absolute Gasteiger partial charge is 0.275 e. The molecular weight excluding hydrogens is 617 g/mol. The van der Waals surface area contributed by atoms with Gasteiger partial charge in [-0.2, -0.15) is 5.10 Å². The quantitative estimate of drug-likeness (QED) is 0.175. The number of nitrogens with zero attached hydrogens (tertiary/aromatic N) is 4. The Labute approximate surface area is 278 Å². The lowest BCUT2D eigenvalue weighted by Crippen LogP contribution is -2.32. The summed E-state index contributed by atoms with van der Waals surface area (Å²) < 4.78 is 8.40. The molecule has 0 bridgehead atoms. The fraction of sp³-hybridized carbons (Fsp3) is 0.270. The topological polar surface area (TPSA) is 76.0 Å². The summed E-state index contributed by atoms with van der Waals surface area (Å²) in [4.78, 5) is 21.4. The molecule has 1 aliphatic rings. The number of pyridine rings is 1. The van der Waals surface area contributed by atoms with Crippen LogP contribution in [0.4, 0.5) is 5.69 Å². The number of halogens is 2. The fourth-order valence-electron chi connectivity index (χ4n) is 6.95. The average molecular weight is 653 g/mol. The van der Waals surface area contributed by atoms with Gasteiger partial charge in [-0.25, -0.2) is 0 Å². The monoisotopic (exact) mass is 651 g/mol. The second kappa shape index (κ2) is 12.1. The summed E-state index contributed by atoms with van der Waals surface area (Å²) in [6.07, 6.45) is 3.93. The van der Waals surface area contributed by atoms with Gasteiger partial charge in [0.1, 0.15) is 11.4 Å². The van der Waals surface area contributed by atoms with E-state index in [2.05, 4.69) is 25.8 Å². The van der Waals surface area contributed by atoms with Gasteiger partial charge in [0, 0.05) is 51.9 Å². The Hall–Kier alpha value is -4.33. The van der Waals surface area contributed by atoms with Crippen molar-refractivity contribution in [2.24, 2.45) is 0 Å². The van der Waals surface area contributed by atoms with Crippen LogP contribution in [0.15, 0.2) is 60.8 Å². The maximum Gasteiger partial charge on any atom is 0.275 e. The number of amides is 1. The number of aromatic amines is 1. The summed E-state index contributed by atoms with van der Waals surface area (Å²) in [6.45, 7) is 9.72. The zero-order valence-electron chi connectivity index (χ0n) is 26.4. The predicted octanol–water partition coefficient (Wildman–Crippen LogP) is 9.18. The predicted molar refractivity (Wildman–Crippen MR) is 187 cm³/mol. The van der Waals surface area contributed by atoms with Crippen molar-refractivity contribution in [3.8, 4) is 16.9 Å². The Kier molecular flexibility index (Phi) is 7.99. The highest BCUT2D eigenvalue weighted by molar-refractivity contribution is 6.35. The van der Waals surface area contributed by atoms with E-state index in [1.807, 2.05) is 81.1 Å². The van der Waals surface area contributed by atoms with Crippen LogP contribution in [0, 0.1) is 27.7 Å². The van der Waals surface area contributed by atoms with Gasteiger partial charge in [-0.05, 0) is 94.0 Å². The normalized spacial score (nSPS) is 13.4. The first kappa shape index (κ1) is 30.3. The van der Waals surface area contributed by atoms with Gasteiger partial charge in [0.05, 0.1) is 34.0 Å². The largest absolute Gasteiger partial charge is 0.494 e. The average Bonchev–Trinajstić information content (AvgIpc) is 3.48. The molecule has 4 heterocycles. The Balaban J connectivity index is 1.35. The molecule has 0 radical (unpaired) electrons. The Morgan fingerprint density at radius 2 is 1.74 bits per heavy atom. The molecule has 7 nitrogen and oxygen atoms in total. The van der Waals surface area contributed by atoms with E-state index in [1.54, 1.807) is 6.20 Å². The van der Waals surface area contributed by atoms with Crippen LogP contribution < -0.4 is 9.64 Å². The molecular formula is C37H35Cl2N5O2. The maximum absolute atomic E-state index is 14.8. The van der Waals surface area contributed by atoms with Crippen molar-refractivity contribution in [2.75, 3.05) is 18.1 Å². The molecule has 3 aromatic carbocycles. The number of ether oxygens (including phenoxy) is 1. The first-order valence-corrected chi connectivity index (χ1v) is 16.4. The molecule has 0 unspecified atom stereocenters. The Morgan fingerprint density at radius 1 is 0.957 bits per heavy atom. The van der Waals surface area contributed by atoms with Crippen LogP contribution in [0.2, 0.25) is 10.0 Å². The third-order valence-corrected chi connectivity index (χ3v) is 9.93. The molecule has 0 saturated heterocycles. The minimum atomic E-state index is -0.0329. The van der Waals surface area contributed by atoms with Crippen molar-refractivity contribution in [1.29, 1.82) is 0 Å². The van der Waals surface area contributed by atoms with Gasteiger partial charge in [0.25, 0.3) is 5.91 Å². The van der Waals surface area contributed by atoms with Gasteiger partial charge in [0.15, 0.2) is 0 Å².